The average molecular weight is 224 g/mol. The van der Waals surface area contributed by atoms with Crippen LogP contribution in [0.15, 0.2) is 46.9 Å². The number of benzene rings is 1. The molecule has 0 saturated carbocycles. The highest BCUT2D eigenvalue weighted by molar-refractivity contribution is 7.91. The highest BCUT2D eigenvalue weighted by Crippen LogP contribution is 2.10. The molecule has 1 aromatic carbocycles. The summed E-state index contributed by atoms with van der Waals surface area (Å²) >= 11 is 0. The quantitative estimate of drug-likeness (QED) is 0.576. The van der Waals surface area contributed by atoms with Crippen molar-refractivity contribution in [1.29, 1.82) is 0 Å². The molecular formula is C11H12O3S. The highest BCUT2D eigenvalue weighted by Gasteiger charge is 2.11. The SMILES string of the molecule is C/C(C=O)=C\CS(=O)(=O)c1ccccc1. The Bertz CT molecular complexity index is 458. The molecule has 0 N–H and O–H groups in total. The molecule has 0 bridgehead atoms. The molecule has 0 fully saturated rings. The van der Waals surface area contributed by atoms with Crippen LogP contribution in [-0.2, 0) is 14.6 Å². The number of carbonyl (C=O) groups is 1. The van der Waals surface area contributed by atoms with Crippen molar-refractivity contribution in [2.24, 2.45) is 0 Å². The number of carbonyl (C=O) groups excluding carboxylic acids is 1. The van der Waals surface area contributed by atoms with Gasteiger partial charge in [0.2, 0.25) is 0 Å². The fraction of sp³-hybridized carbons (Fsp3) is 0.182. The van der Waals surface area contributed by atoms with Gasteiger partial charge in [0, 0.05) is 0 Å². The van der Waals surface area contributed by atoms with Crippen LogP contribution in [0.3, 0.4) is 0 Å². The predicted octanol–water partition coefficient (Wildman–Crippen LogP) is 1.61. The van der Waals surface area contributed by atoms with Crippen LogP contribution in [0.25, 0.3) is 0 Å². The summed E-state index contributed by atoms with van der Waals surface area (Å²) in [4.78, 5) is 10.6. The summed E-state index contributed by atoms with van der Waals surface area (Å²) in [7, 11) is -3.30. The molecule has 1 rings (SSSR count). The summed E-state index contributed by atoms with van der Waals surface area (Å²) < 4.78 is 23.4. The molecule has 0 unspecified atom stereocenters. The molecule has 0 aromatic heterocycles. The van der Waals surface area contributed by atoms with E-state index in [1.165, 1.54) is 6.08 Å². The van der Waals surface area contributed by atoms with Crippen LogP contribution in [-0.4, -0.2) is 20.5 Å². The smallest absolute Gasteiger partial charge is 0.181 e. The Kier molecular flexibility index (Phi) is 3.80. The summed E-state index contributed by atoms with van der Waals surface area (Å²) in [6.45, 7) is 1.58. The Balaban J connectivity index is 2.91. The molecule has 0 amide bonds. The van der Waals surface area contributed by atoms with E-state index in [2.05, 4.69) is 0 Å². The zero-order chi connectivity index (χ0) is 11.3. The van der Waals surface area contributed by atoms with E-state index in [1.807, 2.05) is 0 Å². The van der Waals surface area contributed by atoms with E-state index in [1.54, 1.807) is 37.3 Å². The lowest BCUT2D eigenvalue weighted by atomic mass is 10.3. The van der Waals surface area contributed by atoms with E-state index >= 15 is 0 Å². The standard InChI is InChI=1S/C11H12O3S/c1-10(9-12)7-8-15(13,14)11-5-3-2-4-6-11/h2-7,9H,8H2,1H3/b10-7+. The van der Waals surface area contributed by atoms with Crippen LogP contribution in [0.2, 0.25) is 0 Å². The Morgan fingerprint density at radius 2 is 1.87 bits per heavy atom. The van der Waals surface area contributed by atoms with Crippen molar-refractivity contribution in [3.05, 3.63) is 42.0 Å². The number of sulfone groups is 1. The van der Waals surface area contributed by atoms with Crippen molar-refractivity contribution in [3.8, 4) is 0 Å². The maximum atomic E-state index is 11.7. The van der Waals surface area contributed by atoms with E-state index in [0.717, 1.165) is 0 Å². The van der Waals surface area contributed by atoms with Gasteiger partial charge in [0.05, 0.1) is 10.6 Å². The van der Waals surface area contributed by atoms with E-state index in [0.29, 0.717) is 11.9 Å². The number of hydrogen-bond donors (Lipinski definition) is 0. The molecule has 4 heteroatoms. The van der Waals surface area contributed by atoms with Crippen molar-refractivity contribution < 1.29 is 13.2 Å². The molecule has 0 saturated heterocycles. The first-order valence-electron chi connectivity index (χ1n) is 4.46. The molecule has 0 atom stereocenters. The Morgan fingerprint density at radius 1 is 1.27 bits per heavy atom. The largest absolute Gasteiger partial charge is 0.298 e. The normalized spacial score (nSPS) is 12.5. The molecule has 1 aromatic rings. The fourth-order valence-corrected chi connectivity index (χ4v) is 2.26. The number of hydrogen-bond acceptors (Lipinski definition) is 3. The molecule has 0 spiro atoms. The number of rotatable bonds is 4. The third-order valence-electron chi connectivity index (χ3n) is 1.91. The maximum Gasteiger partial charge on any atom is 0.181 e. The van der Waals surface area contributed by atoms with Gasteiger partial charge in [-0.2, -0.15) is 0 Å². The summed E-state index contributed by atoms with van der Waals surface area (Å²) in [6.07, 6.45) is 2.05. The van der Waals surface area contributed by atoms with Gasteiger partial charge in [-0.15, -0.1) is 0 Å². The maximum absolute atomic E-state index is 11.7. The van der Waals surface area contributed by atoms with Crippen molar-refractivity contribution in [2.75, 3.05) is 5.75 Å². The topological polar surface area (TPSA) is 51.2 Å². The second kappa shape index (κ2) is 4.89. The molecule has 0 aliphatic rings. The lowest BCUT2D eigenvalue weighted by molar-refractivity contribution is -0.104. The Morgan fingerprint density at radius 3 is 2.40 bits per heavy atom. The first kappa shape index (κ1) is 11.7. The highest BCUT2D eigenvalue weighted by atomic mass is 32.2. The molecule has 0 aliphatic heterocycles. The molecule has 0 radical (unpaired) electrons. The minimum atomic E-state index is -3.30. The summed E-state index contributed by atoms with van der Waals surface area (Å²) in [5, 5.41) is 0. The summed E-state index contributed by atoms with van der Waals surface area (Å²) in [5.41, 5.74) is 0.425. The first-order chi connectivity index (χ1) is 7.06. The van der Waals surface area contributed by atoms with Gasteiger partial charge in [-0.1, -0.05) is 24.3 Å². The van der Waals surface area contributed by atoms with Crippen LogP contribution in [0.4, 0.5) is 0 Å². The van der Waals surface area contributed by atoms with Crippen molar-refractivity contribution in [3.63, 3.8) is 0 Å². The molecule has 15 heavy (non-hydrogen) atoms. The first-order valence-corrected chi connectivity index (χ1v) is 6.11. The molecular weight excluding hydrogens is 212 g/mol. The second-order valence-corrected chi connectivity index (χ2v) is 5.19. The van der Waals surface area contributed by atoms with Gasteiger partial charge in [-0.05, 0) is 24.6 Å². The van der Waals surface area contributed by atoms with Crippen LogP contribution in [0, 0.1) is 0 Å². The monoisotopic (exact) mass is 224 g/mol. The van der Waals surface area contributed by atoms with Crippen molar-refractivity contribution in [1.82, 2.24) is 0 Å². The minimum absolute atomic E-state index is 0.137. The van der Waals surface area contributed by atoms with Gasteiger partial charge in [-0.25, -0.2) is 8.42 Å². The van der Waals surface area contributed by atoms with Crippen molar-refractivity contribution in [2.45, 2.75) is 11.8 Å². The number of aldehydes is 1. The lowest BCUT2D eigenvalue weighted by Gasteiger charge is -2.00. The third-order valence-corrected chi connectivity index (χ3v) is 3.51. The van der Waals surface area contributed by atoms with E-state index < -0.39 is 9.84 Å². The average Bonchev–Trinajstić information content (AvgIpc) is 2.27. The van der Waals surface area contributed by atoms with Crippen LogP contribution >= 0.6 is 0 Å². The van der Waals surface area contributed by atoms with Gasteiger partial charge in [0.15, 0.2) is 9.84 Å². The lowest BCUT2D eigenvalue weighted by Crippen LogP contribution is -2.05. The molecule has 0 heterocycles. The summed E-state index contributed by atoms with van der Waals surface area (Å²) in [5.74, 6) is -0.137. The van der Waals surface area contributed by atoms with Gasteiger partial charge in [0.25, 0.3) is 0 Å². The third kappa shape index (κ3) is 3.32. The Labute approximate surface area is 89.4 Å². The summed E-state index contributed by atoms with van der Waals surface area (Å²) in [6, 6.07) is 8.18. The molecule has 3 nitrogen and oxygen atoms in total. The van der Waals surface area contributed by atoms with Gasteiger partial charge in [0.1, 0.15) is 6.29 Å². The zero-order valence-corrected chi connectivity index (χ0v) is 9.20. The molecule has 80 valence electrons. The second-order valence-electron chi connectivity index (χ2n) is 3.16. The minimum Gasteiger partial charge on any atom is -0.298 e. The zero-order valence-electron chi connectivity index (χ0n) is 8.38. The van der Waals surface area contributed by atoms with Crippen molar-refractivity contribution >= 4 is 16.1 Å². The fourth-order valence-electron chi connectivity index (χ4n) is 1.01. The van der Waals surface area contributed by atoms with Gasteiger partial charge >= 0.3 is 0 Å². The Hall–Kier alpha value is -1.42. The van der Waals surface area contributed by atoms with E-state index in [4.69, 9.17) is 0 Å². The van der Waals surface area contributed by atoms with Gasteiger partial charge in [-0.3, -0.25) is 4.79 Å². The van der Waals surface area contributed by atoms with Crippen LogP contribution in [0.1, 0.15) is 6.92 Å². The van der Waals surface area contributed by atoms with Crippen LogP contribution in [0.5, 0.6) is 0 Å². The molecule has 0 aliphatic carbocycles. The predicted molar refractivity (Wildman–Crippen MR) is 58.3 cm³/mol. The van der Waals surface area contributed by atoms with Gasteiger partial charge < -0.3 is 0 Å². The van der Waals surface area contributed by atoms with E-state index in [9.17, 15) is 13.2 Å². The number of allylic oxidation sites excluding steroid dienone is 1. The van der Waals surface area contributed by atoms with Crippen LogP contribution < -0.4 is 0 Å². The van der Waals surface area contributed by atoms with E-state index in [-0.39, 0.29) is 10.6 Å².